The minimum Gasteiger partial charge on any atom is -0.491 e. The van der Waals surface area contributed by atoms with Crippen LogP contribution in [0.25, 0.3) is 0 Å². The quantitative estimate of drug-likeness (QED) is 0.587. The van der Waals surface area contributed by atoms with Crippen LogP contribution >= 0.6 is 11.6 Å². The highest BCUT2D eigenvalue weighted by molar-refractivity contribution is 6.30. The number of halogens is 1. The predicted molar refractivity (Wildman–Crippen MR) is 87.6 cm³/mol. The van der Waals surface area contributed by atoms with Crippen LogP contribution in [0, 0.1) is 5.92 Å². The van der Waals surface area contributed by atoms with Gasteiger partial charge in [0.1, 0.15) is 5.75 Å². The number of esters is 1. The molecule has 0 aliphatic carbocycles. The smallest absolute Gasteiger partial charge is 0.305 e. The van der Waals surface area contributed by atoms with Crippen LogP contribution in [0.5, 0.6) is 5.75 Å². The summed E-state index contributed by atoms with van der Waals surface area (Å²) >= 11 is 6.08. The van der Waals surface area contributed by atoms with Gasteiger partial charge in [0.2, 0.25) is 0 Å². The Bertz CT molecular complexity index is 504. The monoisotopic (exact) mass is 326 g/mol. The highest BCUT2D eigenvalue weighted by Gasteiger charge is 2.27. The number of ether oxygens (including phenoxy) is 2. The lowest BCUT2D eigenvalue weighted by Crippen LogP contribution is -2.50. The van der Waals surface area contributed by atoms with Crippen molar-refractivity contribution in [2.75, 3.05) is 37.7 Å². The average Bonchev–Trinajstić information content (AvgIpc) is 2.44. The van der Waals surface area contributed by atoms with Crippen LogP contribution < -0.4 is 15.4 Å². The molecule has 0 aromatic heterocycles. The predicted octanol–water partition coefficient (Wildman–Crippen LogP) is 2.46. The first-order chi connectivity index (χ1) is 10.6. The van der Waals surface area contributed by atoms with Crippen LogP contribution in [0.15, 0.2) is 18.2 Å². The molecule has 1 aliphatic rings. The highest BCUT2D eigenvalue weighted by atomic mass is 35.5. The van der Waals surface area contributed by atoms with Gasteiger partial charge < -0.3 is 20.1 Å². The second kappa shape index (κ2) is 8.25. The lowest BCUT2D eigenvalue weighted by atomic mass is 9.99. The molecule has 2 N–H and O–H groups in total. The topological polar surface area (TPSA) is 64.8 Å². The summed E-state index contributed by atoms with van der Waals surface area (Å²) < 4.78 is 10.7. The molecule has 0 unspecified atom stereocenters. The highest BCUT2D eigenvalue weighted by Crippen LogP contribution is 2.35. The Labute approximate surface area is 136 Å². The third-order valence-corrected chi connectivity index (χ3v) is 3.88. The molecule has 22 heavy (non-hydrogen) atoms. The molecule has 1 aromatic carbocycles. The van der Waals surface area contributed by atoms with Gasteiger partial charge in [-0.3, -0.25) is 4.79 Å². The molecule has 0 spiro atoms. The van der Waals surface area contributed by atoms with Gasteiger partial charge in [-0.2, -0.15) is 0 Å². The van der Waals surface area contributed by atoms with Crippen molar-refractivity contribution >= 4 is 23.3 Å². The van der Waals surface area contributed by atoms with Crippen molar-refractivity contribution in [2.24, 2.45) is 11.7 Å². The molecule has 1 heterocycles. The maximum atomic E-state index is 11.3. The van der Waals surface area contributed by atoms with Gasteiger partial charge in [0.15, 0.2) is 0 Å². The molecule has 0 saturated carbocycles. The van der Waals surface area contributed by atoms with Crippen molar-refractivity contribution in [1.82, 2.24) is 0 Å². The molecule has 1 fully saturated rings. The van der Waals surface area contributed by atoms with Crippen LogP contribution in [0.1, 0.15) is 19.8 Å². The maximum absolute atomic E-state index is 11.3. The van der Waals surface area contributed by atoms with Crippen molar-refractivity contribution in [3.8, 4) is 5.75 Å². The molecular formula is C16H23ClN2O3. The molecular weight excluding hydrogens is 304 g/mol. The number of rotatable bonds is 8. The van der Waals surface area contributed by atoms with Crippen LogP contribution in [-0.2, 0) is 9.53 Å². The van der Waals surface area contributed by atoms with Gasteiger partial charge in [0.05, 0.1) is 18.9 Å². The number of carbonyl (C=O) groups excluding carboxylic acids is 1. The van der Waals surface area contributed by atoms with Gasteiger partial charge in [0.25, 0.3) is 0 Å². The zero-order valence-electron chi connectivity index (χ0n) is 12.9. The first-order valence-corrected chi connectivity index (χ1v) is 8.04. The molecule has 1 aliphatic heterocycles. The summed E-state index contributed by atoms with van der Waals surface area (Å²) in [5.41, 5.74) is 6.66. The summed E-state index contributed by atoms with van der Waals surface area (Å²) in [6.07, 6.45) is 1.00. The number of nitrogens with two attached hydrogens (primary N) is 1. The molecule has 6 heteroatoms. The Morgan fingerprint density at radius 1 is 1.45 bits per heavy atom. The zero-order chi connectivity index (χ0) is 15.9. The first-order valence-electron chi connectivity index (χ1n) is 7.67. The summed E-state index contributed by atoms with van der Waals surface area (Å²) in [6, 6.07) is 5.60. The molecule has 0 bridgehead atoms. The molecule has 122 valence electrons. The fourth-order valence-electron chi connectivity index (χ4n) is 2.41. The number of nitrogens with zero attached hydrogens (tertiary/aromatic N) is 1. The van der Waals surface area contributed by atoms with Crippen molar-refractivity contribution in [2.45, 2.75) is 19.8 Å². The van der Waals surface area contributed by atoms with Crippen LogP contribution in [0.2, 0.25) is 5.02 Å². The van der Waals surface area contributed by atoms with Gasteiger partial charge in [-0.1, -0.05) is 11.6 Å². The van der Waals surface area contributed by atoms with Crippen molar-refractivity contribution in [3.05, 3.63) is 23.2 Å². The van der Waals surface area contributed by atoms with E-state index in [4.69, 9.17) is 26.8 Å². The van der Waals surface area contributed by atoms with Gasteiger partial charge >= 0.3 is 5.97 Å². The molecule has 0 amide bonds. The Balaban J connectivity index is 1.86. The number of carbonyl (C=O) groups is 1. The Kier molecular flexibility index (Phi) is 6.34. The fraction of sp³-hybridized carbons (Fsp3) is 0.562. The summed E-state index contributed by atoms with van der Waals surface area (Å²) in [6.45, 7) is 5.24. The van der Waals surface area contributed by atoms with Crippen molar-refractivity contribution in [1.29, 1.82) is 0 Å². The maximum Gasteiger partial charge on any atom is 0.305 e. The Morgan fingerprint density at radius 2 is 2.23 bits per heavy atom. The molecule has 2 rings (SSSR count). The van der Waals surface area contributed by atoms with E-state index in [2.05, 4.69) is 4.90 Å². The van der Waals surface area contributed by atoms with E-state index < -0.39 is 0 Å². The van der Waals surface area contributed by atoms with Crippen molar-refractivity contribution in [3.63, 3.8) is 0 Å². The third-order valence-electron chi connectivity index (χ3n) is 3.64. The summed E-state index contributed by atoms with van der Waals surface area (Å²) in [5.74, 6) is 1.15. The SMILES string of the molecule is CCOC(=O)CCCOc1ccc(Cl)cc1N1CC(CN)C1. The normalized spacial score (nSPS) is 14.6. The molecule has 0 radical (unpaired) electrons. The second-order valence-electron chi connectivity index (χ2n) is 5.38. The summed E-state index contributed by atoms with van der Waals surface area (Å²) in [5, 5.41) is 0.685. The number of anilines is 1. The van der Waals surface area contributed by atoms with E-state index in [9.17, 15) is 4.79 Å². The number of benzene rings is 1. The molecule has 5 nitrogen and oxygen atoms in total. The van der Waals surface area contributed by atoms with Gasteiger partial charge in [0, 0.05) is 30.5 Å². The van der Waals surface area contributed by atoms with E-state index in [-0.39, 0.29) is 5.97 Å². The van der Waals surface area contributed by atoms with Gasteiger partial charge in [-0.25, -0.2) is 0 Å². The van der Waals surface area contributed by atoms with Crippen LogP contribution in [0.4, 0.5) is 5.69 Å². The number of hydrogen-bond donors (Lipinski definition) is 1. The fourth-order valence-corrected chi connectivity index (χ4v) is 2.57. The van der Waals surface area contributed by atoms with E-state index in [1.54, 1.807) is 6.92 Å². The van der Waals surface area contributed by atoms with Crippen LogP contribution in [0.3, 0.4) is 0 Å². The van der Waals surface area contributed by atoms with E-state index in [1.165, 1.54) is 0 Å². The van der Waals surface area contributed by atoms with E-state index >= 15 is 0 Å². The molecule has 0 atom stereocenters. The first kappa shape index (κ1) is 16.9. The third kappa shape index (κ3) is 4.52. The summed E-state index contributed by atoms with van der Waals surface area (Å²) in [4.78, 5) is 13.5. The van der Waals surface area contributed by atoms with E-state index in [1.807, 2.05) is 18.2 Å². The van der Waals surface area contributed by atoms with Crippen molar-refractivity contribution < 1.29 is 14.3 Å². The lowest BCUT2D eigenvalue weighted by Gasteiger charge is -2.41. The Hall–Kier alpha value is -1.46. The van der Waals surface area contributed by atoms with Gasteiger partial charge in [-0.15, -0.1) is 0 Å². The second-order valence-corrected chi connectivity index (χ2v) is 5.81. The minimum atomic E-state index is -0.184. The minimum absolute atomic E-state index is 0.184. The van der Waals surface area contributed by atoms with Crippen LogP contribution in [-0.4, -0.2) is 38.8 Å². The van der Waals surface area contributed by atoms with E-state index in [0.717, 1.165) is 24.5 Å². The zero-order valence-corrected chi connectivity index (χ0v) is 13.6. The molecule has 1 aromatic rings. The number of hydrogen-bond acceptors (Lipinski definition) is 5. The Morgan fingerprint density at radius 3 is 2.91 bits per heavy atom. The largest absolute Gasteiger partial charge is 0.491 e. The standard InChI is InChI=1S/C16H23ClN2O3/c1-2-21-16(20)4-3-7-22-15-6-5-13(17)8-14(15)19-10-12(9-18)11-19/h5-6,8,12H,2-4,7,9-11,18H2,1H3. The van der Waals surface area contributed by atoms with E-state index in [0.29, 0.717) is 43.5 Å². The summed E-state index contributed by atoms with van der Waals surface area (Å²) in [7, 11) is 0. The lowest BCUT2D eigenvalue weighted by molar-refractivity contribution is -0.143. The average molecular weight is 327 g/mol. The van der Waals surface area contributed by atoms with Gasteiger partial charge in [-0.05, 0) is 38.1 Å². The molecule has 1 saturated heterocycles.